The molecule has 0 saturated carbocycles. The van der Waals surface area contributed by atoms with E-state index < -0.39 is 10.0 Å². The number of nitrogens with one attached hydrogen (secondary N) is 2. The number of hydrogen-bond donors (Lipinski definition) is 2. The lowest BCUT2D eigenvalue weighted by Gasteiger charge is -2.27. The molecule has 0 bridgehead atoms. The second-order valence-electron chi connectivity index (χ2n) is 8.66. The van der Waals surface area contributed by atoms with E-state index in [9.17, 15) is 13.2 Å². The van der Waals surface area contributed by atoms with Crippen LogP contribution < -0.4 is 15.7 Å². The largest absolute Gasteiger partial charge is 0.493 e. The first-order valence-electron chi connectivity index (χ1n) is 12.0. The van der Waals surface area contributed by atoms with Gasteiger partial charge < -0.3 is 15.0 Å². The van der Waals surface area contributed by atoms with Crippen molar-refractivity contribution in [2.24, 2.45) is 0 Å². The number of ether oxygens (including phenoxy) is 1. The first-order chi connectivity index (χ1) is 17.4. The standard InChI is InChI=1S/C23H28ClN7O4S/c1-3-9-30-21-18(24)19(27-20(21)22-28-26-14-31(22)23(30)32)16-13-15(5-6-17(16)35-12-4-2)36(33,34)29-10-7-25-8-11-29/h5-6,13-14,25,27H,3-4,7-12H2,1-2H3. The maximum Gasteiger partial charge on any atom is 0.335 e. The molecule has 1 saturated heterocycles. The van der Waals surface area contributed by atoms with E-state index >= 15 is 0 Å². The van der Waals surface area contributed by atoms with Gasteiger partial charge in [0.15, 0.2) is 5.65 Å². The summed E-state index contributed by atoms with van der Waals surface area (Å²) in [5, 5.41) is 11.5. The highest BCUT2D eigenvalue weighted by molar-refractivity contribution is 7.89. The quantitative estimate of drug-likeness (QED) is 0.356. The molecule has 0 aliphatic carbocycles. The van der Waals surface area contributed by atoms with Crippen LogP contribution in [0.25, 0.3) is 27.9 Å². The molecule has 4 aromatic rings. The molecule has 1 aromatic carbocycles. The third kappa shape index (κ3) is 4.07. The zero-order chi connectivity index (χ0) is 25.4. The van der Waals surface area contributed by atoms with Gasteiger partial charge in [0.2, 0.25) is 10.0 Å². The number of aryl methyl sites for hydroxylation is 1. The molecule has 11 nitrogen and oxygen atoms in total. The molecule has 4 heterocycles. The molecule has 0 unspecified atom stereocenters. The highest BCUT2D eigenvalue weighted by Crippen LogP contribution is 2.40. The number of halogens is 1. The number of nitrogens with zero attached hydrogens (tertiary/aromatic N) is 5. The van der Waals surface area contributed by atoms with Gasteiger partial charge in [-0.2, -0.15) is 4.31 Å². The van der Waals surface area contributed by atoms with Crippen LogP contribution in [0, 0.1) is 0 Å². The molecule has 0 atom stereocenters. The molecule has 5 rings (SSSR count). The summed E-state index contributed by atoms with van der Waals surface area (Å²) in [7, 11) is -3.72. The van der Waals surface area contributed by atoms with Crippen molar-refractivity contribution in [2.45, 2.75) is 38.1 Å². The van der Waals surface area contributed by atoms with Gasteiger partial charge in [-0.1, -0.05) is 25.4 Å². The molecule has 192 valence electrons. The van der Waals surface area contributed by atoms with Crippen molar-refractivity contribution in [1.82, 2.24) is 33.8 Å². The van der Waals surface area contributed by atoms with E-state index in [1.165, 1.54) is 15.0 Å². The van der Waals surface area contributed by atoms with E-state index in [0.29, 0.717) is 84.5 Å². The highest BCUT2D eigenvalue weighted by atomic mass is 35.5. The number of aromatic nitrogens is 5. The number of aromatic amines is 1. The van der Waals surface area contributed by atoms with Crippen LogP contribution in [0.3, 0.4) is 0 Å². The van der Waals surface area contributed by atoms with Gasteiger partial charge in [0, 0.05) is 38.3 Å². The minimum atomic E-state index is -3.72. The number of rotatable bonds is 8. The van der Waals surface area contributed by atoms with E-state index in [2.05, 4.69) is 20.5 Å². The molecule has 0 amide bonds. The van der Waals surface area contributed by atoms with Gasteiger partial charge in [0.1, 0.15) is 17.6 Å². The van der Waals surface area contributed by atoms with Gasteiger partial charge >= 0.3 is 5.69 Å². The average Bonchev–Trinajstić information content (AvgIpc) is 3.51. The summed E-state index contributed by atoms with van der Waals surface area (Å²) in [6, 6.07) is 4.81. The van der Waals surface area contributed by atoms with Gasteiger partial charge in [0.05, 0.1) is 27.7 Å². The van der Waals surface area contributed by atoms with Crippen molar-refractivity contribution in [3.05, 3.63) is 40.0 Å². The van der Waals surface area contributed by atoms with Crippen molar-refractivity contribution in [3.8, 4) is 17.0 Å². The summed E-state index contributed by atoms with van der Waals surface area (Å²) in [4.78, 5) is 16.6. The fraction of sp³-hybridized carbons (Fsp3) is 0.435. The molecule has 0 radical (unpaired) electrons. The van der Waals surface area contributed by atoms with Gasteiger partial charge in [-0.25, -0.2) is 17.6 Å². The molecule has 2 N–H and O–H groups in total. The molecular weight excluding hydrogens is 506 g/mol. The normalized spacial score (nSPS) is 15.2. The smallest absolute Gasteiger partial charge is 0.335 e. The Morgan fingerprint density at radius 2 is 1.94 bits per heavy atom. The SMILES string of the molecule is CCCOc1ccc(S(=O)(=O)N2CCNCC2)cc1-c1[nH]c2c(c1Cl)n(CCC)c(=O)n1cnnc21. The number of benzene rings is 1. The monoisotopic (exact) mass is 533 g/mol. The zero-order valence-corrected chi connectivity index (χ0v) is 21.7. The summed E-state index contributed by atoms with van der Waals surface area (Å²) >= 11 is 6.92. The maximum atomic E-state index is 13.4. The Labute approximate surface area is 213 Å². The predicted molar refractivity (Wildman–Crippen MR) is 137 cm³/mol. The molecule has 1 fully saturated rings. The molecule has 13 heteroatoms. The van der Waals surface area contributed by atoms with E-state index in [-0.39, 0.29) is 10.6 Å². The van der Waals surface area contributed by atoms with Crippen LogP contribution >= 0.6 is 11.6 Å². The van der Waals surface area contributed by atoms with Gasteiger partial charge in [-0.15, -0.1) is 10.2 Å². The van der Waals surface area contributed by atoms with Crippen LogP contribution in [-0.2, 0) is 16.6 Å². The second-order valence-corrected chi connectivity index (χ2v) is 11.0. The third-order valence-electron chi connectivity index (χ3n) is 6.24. The van der Waals surface area contributed by atoms with E-state index in [1.807, 2.05) is 13.8 Å². The van der Waals surface area contributed by atoms with Crippen molar-refractivity contribution in [2.75, 3.05) is 32.8 Å². The summed E-state index contributed by atoms with van der Waals surface area (Å²) in [5.74, 6) is 0.492. The van der Waals surface area contributed by atoms with Crippen molar-refractivity contribution < 1.29 is 13.2 Å². The lowest BCUT2D eigenvalue weighted by atomic mass is 10.1. The third-order valence-corrected chi connectivity index (χ3v) is 8.50. The van der Waals surface area contributed by atoms with Crippen molar-refractivity contribution >= 4 is 38.3 Å². The Morgan fingerprint density at radius 3 is 2.67 bits per heavy atom. The molecule has 0 spiro atoms. The summed E-state index contributed by atoms with van der Waals surface area (Å²) in [6.45, 7) is 6.84. The minimum Gasteiger partial charge on any atom is -0.493 e. The Hall–Kier alpha value is -2.93. The average molecular weight is 534 g/mol. The maximum absolute atomic E-state index is 13.4. The topological polar surface area (TPSA) is 127 Å². The van der Waals surface area contributed by atoms with Crippen LogP contribution in [-0.4, -0.2) is 69.7 Å². The van der Waals surface area contributed by atoms with Gasteiger partial charge in [-0.3, -0.25) is 4.57 Å². The van der Waals surface area contributed by atoms with Crippen molar-refractivity contribution in [3.63, 3.8) is 0 Å². The van der Waals surface area contributed by atoms with Crippen LogP contribution in [0.2, 0.25) is 5.02 Å². The van der Waals surface area contributed by atoms with Crippen LogP contribution in [0.4, 0.5) is 0 Å². The first kappa shape index (κ1) is 24.8. The number of H-pyrrole nitrogens is 1. The predicted octanol–water partition coefficient (Wildman–Crippen LogP) is 2.49. The number of fused-ring (bicyclic) bond motifs is 3. The minimum absolute atomic E-state index is 0.150. The Morgan fingerprint density at radius 1 is 1.17 bits per heavy atom. The Bertz CT molecular complexity index is 1590. The fourth-order valence-electron chi connectivity index (χ4n) is 4.51. The first-order valence-corrected chi connectivity index (χ1v) is 13.8. The lowest BCUT2D eigenvalue weighted by Crippen LogP contribution is -2.46. The van der Waals surface area contributed by atoms with E-state index in [1.54, 1.807) is 22.8 Å². The van der Waals surface area contributed by atoms with Crippen LogP contribution in [0.15, 0.2) is 34.2 Å². The summed E-state index contributed by atoms with van der Waals surface area (Å²) in [5.41, 5.74) is 2.03. The van der Waals surface area contributed by atoms with Crippen LogP contribution in [0.5, 0.6) is 5.75 Å². The van der Waals surface area contributed by atoms with Crippen LogP contribution in [0.1, 0.15) is 26.7 Å². The molecule has 1 aliphatic heterocycles. The van der Waals surface area contributed by atoms with Gasteiger partial charge in [0.25, 0.3) is 0 Å². The number of piperazine rings is 1. The highest BCUT2D eigenvalue weighted by Gasteiger charge is 2.28. The Balaban J connectivity index is 1.75. The number of sulfonamides is 1. The molecule has 3 aromatic heterocycles. The fourth-order valence-corrected chi connectivity index (χ4v) is 6.32. The van der Waals surface area contributed by atoms with Crippen molar-refractivity contribution in [1.29, 1.82) is 0 Å². The molecule has 36 heavy (non-hydrogen) atoms. The molecule has 1 aliphatic rings. The second kappa shape index (κ2) is 9.85. The van der Waals surface area contributed by atoms with Gasteiger partial charge in [-0.05, 0) is 31.0 Å². The summed E-state index contributed by atoms with van der Waals surface area (Å²) in [6.07, 6.45) is 2.86. The van der Waals surface area contributed by atoms with E-state index in [4.69, 9.17) is 16.3 Å². The van der Waals surface area contributed by atoms with E-state index in [0.717, 1.165) is 6.42 Å². The Kier molecular flexibility index (Phi) is 6.77. The summed E-state index contributed by atoms with van der Waals surface area (Å²) < 4.78 is 37.3. The number of hydrogen-bond acceptors (Lipinski definition) is 7. The molecular formula is C23H28ClN7O4S. The zero-order valence-electron chi connectivity index (χ0n) is 20.1. The lowest BCUT2D eigenvalue weighted by molar-refractivity contribution is 0.318.